The van der Waals surface area contributed by atoms with Crippen LogP contribution in [0.4, 0.5) is 0 Å². The molecule has 0 saturated heterocycles. The van der Waals surface area contributed by atoms with Crippen molar-refractivity contribution < 1.29 is 4.79 Å². The van der Waals surface area contributed by atoms with Gasteiger partial charge in [0.25, 0.3) is 0 Å². The van der Waals surface area contributed by atoms with Crippen molar-refractivity contribution in [1.82, 2.24) is 4.90 Å². The number of hydrogen-bond donors (Lipinski definition) is 0. The molecule has 0 spiro atoms. The molecule has 0 fully saturated rings. The fraction of sp³-hybridized carbons (Fsp3) is 0.818. The Morgan fingerprint density at radius 2 is 2.00 bits per heavy atom. The Morgan fingerprint density at radius 1 is 1.43 bits per heavy atom. The molecule has 0 heterocycles. The average molecular weight is 196 g/mol. The quantitative estimate of drug-likeness (QED) is 0.676. The molecule has 0 saturated carbocycles. The van der Waals surface area contributed by atoms with Crippen molar-refractivity contribution in [2.75, 3.05) is 7.05 Å². The van der Waals surface area contributed by atoms with Crippen molar-refractivity contribution in [3.8, 4) is 6.07 Å². The van der Waals surface area contributed by atoms with E-state index < -0.39 is 0 Å². The molecule has 0 N–H and O–H groups in total. The van der Waals surface area contributed by atoms with E-state index in [-0.39, 0.29) is 11.9 Å². The molecular weight excluding hydrogens is 176 g/mol. The van der Waals surface area contributed by atoms with E-state index >= 15 is 0 Å². The van der Waals surface area contributed by atoms with Gasteiger partial charge in [-0.25, -0.2) is 0 Å². The Bertz CT molecular complexity index is 218. The average Bonchev–Trinajstić information content (AvgIpc) is 2.13. The minimum absolute atomic E-state index is 0.0275. The Balaban J connectivity index is 3.93. The van der Waals surface area contributed by atoms with Gasteiger partial charge in [-0.05, 0) is 19.3 Å². The number of rotatable bonds is 5. The van der Waals surface area contributed by atoms with E-state index in [9.17, 15) is 4.79 Å². The molecule has 1 unspecified atom stereocenters. The first-order valence-electron chi connectivity index (χ1n) is 5.11. The molecule has 1 atom stereocenters. The largest absolute Gasteiger partial charge is 0.342 e. The van der Waals surface area contributed by atoms with Crippen LogP contribution >= 0.6 is 0 Å². The number of carbonyl (C=O) groups excluding carboxylic acids is 1. The Kier molecular flexibility index (Phi) is 5.94. The topological polar surface area (TPSA) is 44.1 Å². The van der Waals surface area contributed by atoms with Gasteiger partial charge in [0.05, 0.1) is 12.5 Å². The van der Waals surface area contributed by atoms with Gasteiger partial charge >= 0.3 is 0 Å². The molecule has 14 heavy (non-hydrogen) atoms. The van der Waals surface area contributed by atoms with E-state index in [1.165, 1.54) is 0 Å². The van der Waals surface area contributed by atoms with Crippen LogP contribution in [0.1, 0.15) is 40.0 Å². The monoisotopic (exact) mass is 196 g/mol. The van der Waals surface area contributed by atoms with E-state index in [4.69, 9.17) is 5.26 Å². The molecular formula is C11H20N2O. The van der Waals surface area contributed by atoms with Crippen LogP contribution in [0.5, 0.6) is 0 Å². The molecule has 0 aromatic heterocycles. The summed E-state index contributed by atoms with van der Waals surface area (Å²) < 4.78 is 0. The summed E-state index contributed by atoms with van der Waals surface area (Å²) in [6.45, 7) is 6.11. The van der Waals surface area contributed by atoms with Gasteiger partial charge in [-0.3, -0.25) is 4.79 Å². The molecule has 80 valence electrons. The predicted octanol–water partition coefficient (Wildman–Crippen LogP) is 2.18. The van der Waals surface area contributed by atoms with E-state index in [2.05, 4.69) is 19.9 Å². The lowest BCUT2D eigenvalue weighted by Gasteiger charge is -2.23. The van der Waals surface area contributed by atoms with Crippen molar-refractivity contribution in [2.24, 2.45) is 5.92 Å². The molecule has 0 rings (SSSR count). The van der Waals surface area contributed by atoms with Crippen molar-refractivity contribution >= 4 is 5.91 Å². The number of carbonyl (C=O) groups is 1. The molecule has 0 aliphatic rings. The summed E-state index contributed by atoms with van der Waals surface area (Å²) >= 11 is 0. The maximum absolute atomic E-state index is 11.6. The molecule has 0 aliphatic carbocycles. The SMILES string of the molecule is CC(C)CCC(=O)N(C)C(C)CC#N. The lowest BCUT2D eigenvalue weighted by molar-refractivity contribution is -0.131. The van der Waals surface area contributed by atoms with Crippen LogP contribution in [0.3, 0.4) is 0 Å². The lowest BCUT2D eigenvalue weighted by atomic mass is 10.1. The van der Waals surface area contributed by atoms with Gasteiger partial charge in [-0.2, -0.15) is 5.26 Å². The summed E-state index contributed by atoms with van der Waals surface area (Å²) in [5.41, 5.74) is 0. The van der Waals surface area contributed by atoms with E-state index in [0.29, 0.717) is 18.8 Å². The highest BCUT2D eigenvalue weighted by Gasteiger charge is 2.15. The van der Waals surface area contributed by atoms with Crippen molar-refractivity contribution in [1.29, 1.82) is 5.26 Å². The van der Waals surface area contributed by atoms with Gasteiger partial charge in [0.1, 0.15) is 0 Å². The Hall–Kier alpha value is -1.04. The molecule has 3 heteroatoms. The van der Waals surface area contributed by atoms with Crippen molar-refractivity contribution in [3.05, 3.63) is 0 Å². The lowest BCUT2D eigenvalue weighted by Crippen LogP contribution is -2.34. The second kappa shape index (κ2) is 6.42. The summed E-state index contributed by atoms with van der Waals surface area (Å²) in [6.07, 6.45) is 1.91. The highest BCUT2D eigenvalue weighted by molar-refractivity contribution is 5.76. The third kappa shape index (κ3) is 4.86. The Morgan fingerprint density at radius 3 is 2.43 bits per heavy atom. The Labute approximate surface area is 86.7 Å². The zero-order chi connectivity index (χ0) is 11.1. The third-order valence-electron chi connectivity index (χ3n) is 2.38. The third-order valence-corrected chi connectivity index (χ3v) is 2.38. The maximum Gasteiger partial charge on any atom is 0.222 e. The van der Waals surface area contributed by atoms with Gasteiger partial charge in [0.15, 0.2) is 0 Å². The van der Waals surface area contributed by atoms with Gasteiger partial charge in [0.2, 0.25) is 5.91 Å². The molecule has 0 aromatic rings. The fourth-order valence-corrected chi connectivity index (χ4v) is 1.10. The number of hydrogen-bond acceptors (Lipinski definition) is 2. The first-order valence-corrected chi connectivity index (χ1v) is 5.11. The van der Waals surface area contributed by atoms with Crippen LogP contribution in [0, 0.1) is 17.2 Å². The zero-order valence-electron chi connectivity index (χ0n) is 9.58. The van der Waals surface area contributed by atoms with E-state index in [1.54, 1.807) is 11.9 Å². The normalized spacial score (nSPS) is 12.3. The number of amides is 1. The van der Waals surface area contributed by atoms with E-state index in [0.717, 1.165) is 6.42 Å². The molecule has 1 amide bonds. The van der Waals surface area contributed by atoms with Crippen LogP contribution in [0.2, 0.25) is 0 Å². The number of nitriles is 1. The highest BCUT2D eigenvalue weighted by atomic mass is 16.2. The molecule has 0 radical (unpaired) electrons. The minimum Gasteiger partial charge on any atom is -0.342 e. The van der Waals surface area contributed by atoms with Crippen molar-refractivity contribution in [2.45, 2.75) is 46.1 Å². The fourth-order valence-electron chi connectivity index (χ4n) is 1.10. The molecule has 0 bridgehead atoms. The van der Waals surface area contributed by atoms with Crippen LogP contribution in [-0.4, -0.2) is 23.9 Å². The summed E-state index contributed by atoms with van der Waals surface area (Å²) in [5, 5.41) is 8.50. The van der Waals surface area contributed by atoms with Crippen LogP contribution < -0.4 is 0 Å². The molecule has 3 nitrogen and oxygen atoms in total. The second-order valence-corrected chi connectivity index (χ2v) is 4.15. The van der Waals surface area contributed by atoms with Crippen LogP contribution in [-0.2, 0) is 4.79 Å². The second-order valence-electron chi connectivity index (χ2n) is 4.15. The summed E-state index contributed by atoms with van der Waals surface area (Å²) in [4.78, 5) is 13.3. The van der Waals surface area contributed by atoms with Crippen LogP contribution in [0.25, 0.3) is 0 Å². The smallest absolute Gasteiger partial charge is 0.222 e. The van der Waals surface area contributed by atoms with Gasteiger partial charge in [-0.1, -0.05) is 13.8 Å². The minimum atomic E-state index is 0.0275. The zero-order valence-corrected chi connectivity index (χ0v) is 9.58. The summed E-state index contributed by atoms with van der Waals surface area (Å²) in [5.74, 6) is 0.695. The first kappa shape index (κ1) is 13.0. The van der Waals surface area contributed by atoms with Crippen molar-refractivity contribution in [3.63, 3.8) is 0 Å². The maximum atomic E-state index is 11.6. The highest BCUT2D eigenvalue weighted by Crippen LogP contribution is 2.08. The van der Waals surface area contributed by atoms with E-state index in [1.807, 2.05) is 6.92 Å². The summed E-state index contributed by atoms with van der Waals surface area (Å²) in [6, 6.07) is 2.10. The van der Waals surface area contributed by atoms with Gasteiger partial charge in [0, 0.05) is 19.5 Å². The number of nitrogens with zero attached hydrogens (tertiary/aromatic N) is 2. The molecule has 0 aromatic carbocycles. The van der Waals surface area contributed by atoms with Gasteiger partial charge < -0.3 is 4.90 Å². The standard InChI is InChI=1S/C11H20N2O/c1-9(2)5-6-11(14)13(4)10(3)7-8-12/h9-10H,5-7H2,1-4H3. The summed E-state index contributed by atoms with van der Waals surface area (Å²) in [7, 11) is 1.77. The molecule has 0 aliphatic heterocycles. The van der Waals surface area contributed by atoms with Gasteiger partial charge in [-0.15, -0.1) is 0 Å². The predicted molar refractivity (Wildman–Crippen MR) is 56.5 cm³/mol. The van der Waals surface area contributed by atoms with Crippen LogP contribution in [0.15, 0.2) is 0 Å². The first-order chi connectivity index (χ1) is 6.49.